The standard InChI is InChI=1S/C22H24FN3O2/c23-17-9-7-15(8-10-17)12-26-13-18(21-20(26)6-3-11-24-21)22(28)25-19-5-2-1-4-16(19)14-27/h3,6-11,13,16,19,27H,1-2,4-5,12,14H2,(H,25,28)/t16-,19?/m1/s1. The highest BCUT2D eigenvalue weighted by atomic mass is 19.1. The molecule has 0 saturated heterocycles. The Balaban J connectivity index is 1.62. The van der Waals surface area contributed by atoms with Gasteiger partial charge in [0, 0.05) is 37.5 Å². The Bertz CT molecular complexity index is 968. The Hall–Kier alpha value is -2.73. The largest absolute Gasteiger partial charge is 0.396 e. The first-order valence-corrected chi connectivity index (χ1v) is 9.75. The lowest BCUT2D eigenvalue weighted by Gasteiger charge is -2.30. The van der Waals surface area contributed by atoms with Gasteiger partial charge in [-0.3, -0.25) is 9.78 Å². The quantitative estimate of drug-likeness (QED) is 0.711. The lowest BCUT2D eigenvalue weighted by atomic mass is 9.85. The second-order valence-corrected chi connectivity index (χ2v) is 7.48. The van der Waals surface area contributed by atoms with Crippen LogP contribution in [0.2, 0.25) is 0 Å². The van der Waals surface area contributed by atoms with E-state index >= 15 is 0 Å². The van der Waals surface area contributed by atoms with Crippen molar-refractivity contribution in [3.63, 3.8) is 0 Å². The third-order valence-corrected chi connectivity index (χ3v) is 5.61. The number of aromatic nitrogens is 2. The third-order valence-electron chi connectivity index (χ3n) is 5.61. The molecule has 3 aromatic rings. The summed E-state index contributed by atoms with van der Waals surface area (Å²) in [5, 5.41) is 12.7. The second kappa shape index (κ2) is 8.10. The van der Waals surface area contributed by atoms with Gasteiger partial charge in [-0.15, -0.1) is 0 Å². The molecule has 146 valence electrons. The molecule has 0 radical (unpaired) electrons. The maximum atomic E-state index is 13.2. The van der Waals surface area contributed by atoms with Crippen LogP contribution in [0.25, 0.3) is 11.0 Å². The van der Waals surface area contributed by atoms with E-state index in [2.05, 4.69) is 10.3 Å². The fourth-order valence-electron chi connectivity index (χ4n) is 4.07. The summed E-state index contributed by atoms with van der Waals surface area (Å²) in [5.41, 5.74) is 2.99. The minimum atomic E-state index is -0.270. The van der Waals surface area contributed by atoms with E-state index in [9.17, 15) is 14.3 Å². The van der Waals surface area contributed by atoms with Crippen LogP contribution in [0.5, 0.6) is 0 Å². The van der Waals surface area contributed by atoms with Crippen LogP contribution in [-0.2, 0) is 6.54 Å². The molecule has 2 atom stereocenters. The molecule has 28 heavy (non-hydrogen) atoms. The van der Waals surface area contributed by atoms with Gasteiger partial charge in [0.1, 0.15) is 11.3 Å². The molecule has 5 nitrogen and oxygen atoms in total. The maximum absolute atomic E-state index is 13.2. The topological polar surface area (TPSA) is 67.2 Å². The van der Waals surface area contributed by atoms with Crippen molar-refractivity contribution in [2.24, 2.45) is 5.92 Å². The van der Waals surface area contributed by atoms with Crippen molar-refractivity contribution >= 4 is 16.9 Å². The molecule has 2 heterocycles. The fourth-order valence-corrected chi connectivity index (χ4v) is 4.07. The average Bonchev–Trinajstić information content (AvgIpc) is 3.09. The Morgan fingerprint density at radius 2 is 2.00 bits per heavy atom. The number of halogens is 1. The number of carbonyl (C=O) groups excluding carboxylic acids is 1. The summed E-state index contributed by atoms with van der Waals surface area (Å²) in [4.78, 5) is 17.4. The summed E-state index contributed by atoms with van der Waals surface area (Å²) in [5.74, 6) is -0.320. The molecule has 6 heteroatoms. The minimum Gasteiger partial charge on any atom is -0.396 e. The van der Waals surface area contributed by atoms with Crippen LogP contribution in [-0.4, -0.2) is 33.2 Å². The number of nitrogens with zero attached hydrogens (tertiary/aromatic N) is 2. The first-order valence-electron chi connectivity index (χ1n) is 9.75. The maximum Gasteiger partial charge on any atom is 0.255 e. The van der Waals surface area contributed by atoms with Gasteiger partial charge in [-0.05, 0) is 42.7 Å². The summed E-state index contributed by atoms with van der Waals surface area (Å²) in [6.07, 6.45) is 7.47. The lowest BCUT2D eigenvalue weighted by Crippen LogP contribution is -2.43. The molecule has 1 amide bonds. The van der Waals surface area contributed by atoms with Crippen LogP contribution in [0.4, 0.5) is 4.39 Å². The number of aliphatic hydroxyl groups is 1. The zero-order valence-electron chi connectivity index (χ0n) is 15.6. The smallest absolute Gasteiger partial charge is 0.255 e. The molecule has 0 aliphatic heterocycles. The first kappa shape index (κ1) is 18.6. The van der Waals surface area contributed by atoms with Gasteiger partial charge >= 0.3 is 0 Å². The number of hydrogen-bond acceptors (Lipinski definition) is 3. The molecule has 0 spiro atoms. The number of nitrogens with one attached hydrogen (secondary N) is 1. The zero-order chi connectivity index (χ0) is 19.5. The highest BCUT2D eigenvalue weighted by Gasteiger charge is 2.27. The van der Waals surface area contributed by atoms with E-state index in [4.69, 9.17) is 0 Å². The van der Waals surface area contributed by atoms with Crippen molar-refractivity contribution in [1.82, 2.24) is 14.9 Å². The van der Waals surface area contributed by atoms with Gasteiger partial charge in [0.15, 0.2) is 0 Å². The van der Waals surface area contributed by atoms with Gasteiger partial charge < -0.3 is 15.0 Å². The van der Waals surface area contributed by atoms with E-state index in [1.54, 1.807) is 18.3 Å². The molecule has 4 rings (SSSR count). The van der Waals surface area contributed by atoms with E-state index in [1.165, 1.54) is 12.1 Å². The summed E-state index contributed by atoms with van der Waals surface area (Å²) < 4.78 is 15.2. The van der Waals surface area contributed by atoms with Gasteiger partial charge in [0.25, 0.3) is 5.91 Å². The molecule has 1 aliphatic rings. The van der Waals surface area contributed by atoms with Crippen molar-refractivity contribution in [3.05, 3.63) is 65.7 Å². The number of fused-ring (bicyclic) bond motifs is 1. The van der Waals surface area contributed by atoms with E-state index in [1.807, 2.05) is 22.9 Å². The van der Waals surface area contributed by atoms with Crippen LogP contribution in [0.1, 0.15) is 41.6 Å². The molecule has 1 aromatic carbocycles. The second-order valence-electron chi connectivity index (χ2n) is 7.48. The summed E-state index contributed by atoms with van der Waals surface area (Å²) >= 11 is 0. The Morgan fingerprint density at radius 3 is 2.79 bits per heavy atom. The van der Waals surface area contributed by atoms with Crippen molar-refractivity contribution in [2.75, 3.05) is 6.61 Å². The van der Waals surface area contributed by atoms with Gasteiger partial charge in [-0.1, -0.05) is 25.0 Å². The van der Waals surface area contributed by atoms with Gasteiger partial charge in [-0.25, -0.2) is 4.39 Å². The van der Waals surface area contributed by atoms with Gasteiger partial charge in [0.05, 0.1) is 11.1 Å². The van der Waals surface area contributed by atoms with E-state index in [0.29, 0.717) is 17.6 Å². The van der Waals surface area contributed by atoms with E-state index < -0.39 is 0 Å². The number of hydrogen-bond donors (Lipinski definition) is 2. The van der Waals surface area contributed by atoms with Crippen molar-refractivity contribution < 1.29 is 14.3 Å². The van der Waals surface area contributed by atoms with Crippen LogP contribution < -0.4 is 5.32 Å². The van der Waals surface area contributed by atoms with Gasteiger partial charge in [0.2, 0.25) is 0 Å². The summed E-state index contributed by atoms with van der Waals surface area (Å²) in [6, 6.07) is 10.1. The number of aliphatic hydroxyl groups excluding tert-OH is 1. The van der Waals surface area contributed by atoms with Crippen LogP contribution in [0.15, 0.2) is 48.8 Å². The highest BCUT2D eigenvalue weighted by Crippen LogP contribution is 2.26. The SMILES string of the molecule is O=C(NC1CCCC[C@@H]1CO)c1cn(Cc2ccc(F)cc2)c2cccnc12. The molecular weight excluding hydrogens is 357 g/mol. The average molecular weight is 381 g/mol. The van der Waals surface area contributed by atoms with Crippen LogP contribution in [0.3, 0.4) is 0 Å². The van der Waals surface area contributed by atoms with E-state index in [-0.39, 0.29) is 30.3 Å². The van der Waals surface area contributed by atoms with Crippen LogP contribution in [0, 0.1) is 11.7 Å². The monoisotopic (exact) mass is 381 g/mol. The molecule has 0 bridgehead atoms. The van der Waals surface area contributed by atoms with Crippen molar-refractivity contribution in [1.29, 1.82) is 0 Å². The molecule has 2 N–H and O–H groups in total. The fraction of sp³-hybridized carbons (Fsp3) is 0.364. The Morgan fingerprint density at radius 1 is 1.21 bits per heavy atom. The van der Waals surface area contributed by atoms with Crippen molar-refractivity contribution in [3.8, 4) is 0 Å². The lowest BCUT2D eigenvalue weighted by molar-refractivity contribution is 0.0874. The third kappa shape index (κ3) is 3.78. The predicted molar refractivity (Wildman–Crippen MR) is 106 cm³/mol. The van der Waals surface area contributed by atoms with E-state index in [0.717, 1.165) is 36.8 Å². The number of rotatable bonds is 5. The summed E-state index contributed by atoms with van der Waals surface area (Å²) in [7, 11) is 0. The number of benzene rings is 1. The predicted octanol–water partition coefficient (Wildman–Crippen LogP) is 3.50. The molecule has 1 fully saturated rings. The summed E-state index contributed by atoms with van der Waals surface area (Å²) in [6.45, 7) is 0.619. The highest BCUT2D eigenvalue weighted by molar-refractivity contribution is 6.05. The normalized spacial score (nSPS) is 19.6. The van der Waals surface area contributed by atoms with Crippen LogP contribution >= 0.6 is 0 Å². The molecule has 2 aromatic heterocycles. The Kier molecular flexibility index (Phi) is 5.39. The molecular formula is C22H24FN3O2. The van der Waals surface area contributed by atoms with Gasteiger partial charge in [-0.2, -0.15) is 0 Å². The molecule has 1 aliphatic carbocycles. The number of amides is 1. The molecule has 1 saturated carbocycles. The molecule has 1 unspecified atom stereocenters. The zero-order valence-corrected chi connectivity index (χ0v) is 15.6. The minimum absolute atomic E-state index is 0.00883. The number of pyridine rings is 1. The first-order chi connectivity index (χ1) is 13.7. The Labute approximate surface area is 163 Å². The van der Waals surface area contributed by atoms with Crippen molar-refractivity contribution in [2.45, 2.75) is 38.3 Å². The number of carbonyl (C=O) groups is 1.